The summed E-state index contributed by atoms with van der Waals surface area (Å²) < 4.78 is 79.3. The summed E-state index contributed by atoms with van der Waals surface area (Å²) in [6.07, 6.45) is 0. The van der Waals surface area contributed by atoms with E-state index in [2.05, 4.69) is 0 Å². The minimum Gasteiger partial charge on any atom is -0.286 e. The van der Waals surface area contributed by atoms with Crippen molar-refractivity contribution in [3.05, 3.63) is 0 Å². The molecule has 0 amide bonds. The number of rotatable bonds is 6. The maximum atomic E-state index is 11.0. The van der Waals surface area contributed by atoms with E-state index in [-0.39, 0.29) is 0 Å². The molecule has 0 rings (SSSR count). The fourth-order valence-corrected chi connectivity index (χ4v) is 4.49. The van der Waals surface area contributed by atoms with Gasteiger partial charge in [-0.05, 0) is 0 Å². The van der Waals surface area contributed by atoms with Crippen molar-refractivity contribution in [2.75, 3.05) is 23.0 Å². The average molecular weight is 282 g/mol. The summed E-state index contributed by atoms with van der Waals surface area (Å²) >= 11 is 0. The lowest BCUT2D eigenvalue weighted by Gasteiger charge is -2.01. The Bertz CT molecular complexity index is 452. The third-order valence-electron chi connectivity index (χ3n) is 1.30. The molecule has 8 nitrogen and oxygen atoms in total. The van der Waals surface area contributed by atoms with Crippen molar-refractivity contribution in [3.8, 4) is 0 Å². The SMILES string of the molecule is O=S(=O)(O)CCS(=O)(=O)CCS(=O)(=O)O. The van der Waals surface area contributed by atoms with E-state index in [1.807, 2.05) is 0 Å². The largest absolute Gasteiger partial charge is 0.286 e. The minimum absolute atomic E-state index is 0.888. The van der Waals surface area contributed by atoms with E-state index in [4.69, 9.17) is 9.11 Å². The van der Waals surface area contributed by atoms with Crippen LogP contribution in [0.1, 0.15) is 0 Å². The van der Waals surface area contributed by atoms with Crippen LogP contribution in [0.5, 0.6) is 0 Å². The van der Waals surface area contributed by atoms with Gasteiger partial charge in [0.1, 0.15) is 0 Å². The third kappa shape index (κ3) is 10.1. The molecule has 0 spiro atoms. The summed E-state index contributed by atoms with van der Waals surface area (Å²) in [4.78, 5) is 0. The van der Waals surface area contributed by atoms with Crippen LogP contribution in [0.4, 0.5) is 0 Å². The molecule has 0 bridgehead atoms. The average Bonchev–Trinajstić information content (AvgIpc) is 1.96. The first-order chi connectivity index (χ1) is 6.41. The highest BCUT2D eigenvalue weighted by atomic mass is 32.2. The van der Waals surface area contributed by atoms with E-state index < -0.39 is 53.1 Å². The second-order valence-electron chi connectivity index (χ2n) is 2.72. The van der Waals surface area contributed by atoms with Crippen LogP contribution < -0.4 is 0 Å². The lowest BCUT2D eigenvalue weighted by Crippen LogP contribution is -2.23. The maximum absolute atomic E-state index is 11.0. The van der Waals surface area contributed by atoms with Crippen LogP contribution in [-0.4, -0.2) is 57.4 Å². The standard InChI is InChI=1S/C4H10O8S3/c5-13(6,1-3-14(7,8)9)2-4-15(10,11)12/h1-4H2,(H,7,8,9)(H,10,11,12). The number of hydrogen-bond donors (Lipinski definition) is 2. The van der Waals surface area contributed by atoms with Gasteiger partial charge in [-0.15, -0.1) is 0 Å². The summed E-state index contributed by atoms with van der Waals surface area (Å²) in [6, 6.07) is 0. The molecule has 0 aliphatic rings. The van der Waals surface area contributed by atoms with Crippen molar-refractivity contribution >= 4 is 30.1 Å². The van der Waals surface area contributed by atoms with Crippen molar-refractivity contribution in [2.45, 2.75) is 0 Å². The smallest absolute Gasteiger partial charge is 0.265 e. The molecule has 0 saturated carbocycles. The lowest BCUT2D eigenvalue weighted by atomic mass is 10.9. The summed E-state index contributed by atoms with van der Waals surface area (Å²) in [5.74, 6) is -3.77. The molecule has 15 heavy (non-hydrogen) atoms. The summed E-state index contributed by atoms with van der Waals surface area (Å²) in [5, 5.41) is 0. The van der Waals surface area contributed by atoms with Crippen LogP contribution in [0.2, 0.25) is 0 Å². The van der Waals surface area contributed by atoms with Crippen molar-refractivity contribution < 1.29 is 34.4 Å². The molecule has 0 fully saturated rings. The fourth-order valence-electron chi connectivity index (χ4n) is 0.567. The molecule has 0 aromatic carbocycles. The first-order valence-corrected chi connectivity index (χ1v) is 8.56. The van der Waals surface area contributed by atoms with Gasteiger partial charge in [-0.3, -0.25) is 9.11 Å². The second-order valence-corrected chi connectivity index (χ2v) is 8.17. The zero-order chi connectivity index (χ0) is 12.3. The summed E-state index contributed by atoms with van der Waals surface area (Å²) in [7, 11) is -12.7. The third-order valence-corrected chi connectivity index (χ3v) is 4.91. The highest BCUT2D eigenvalue weighted by Gasteiger charge is 2.18. The predicted molar refractivity (Wildman–Crippen MR) is 51.5 cm³/mol. The number of hydrogen-bond acceptors (Lipinski definition) is 6. The van der Waals surface area contributed by atoms with Crippen LogP contribution >= 0.6 is 0 Å². The molecular formula is C4H10O8S3. The normalized spacial score (nSPS) is 14.0. The van der Waals surface area contributed by atoms with Crippen molar-refractivity contribution in [2.24, 2.45) is 0 Å². The van der Waals surface area contributed by atoms with E-state index in [1.165, 1.54) is 0 Å². The van der Waals surface area contributed by atoms with E-state index >= 15 is 0 Å². The Kier molecular flexibility index (Phi) is 4.67. The maximum Gasteiger partial charge on any atom is 0.265 e. The topological polar surface area (TPSA) is 143 Å². The molecule has 0 radical (unpaired) electrons. The van der Waals surface area contributed by atoms with Crippen LogP contribution in [0.3, 0.4) is 0 Å². The van der Waals surface area contributed by atoms with Gasteiger partial charge in [-0.1, -0.05) is 0 Å². The Labute approximate surface area is 87.7 Å². The molecule has 0 aromatic rings. The van der Waals surface area contributed by atoms with Gasteiger partial charge in [0, 0.05) is 0 Å². The Morgan fingerprint density at radius 3 is 1.07 bits per heavy atom. The first-order valence-electron chi connectivity index (χ1n) is 3.52. The molecule has 92 valence electrons. The van der Waals surface area contributed by atoms with Crippen molar-refractivity contribution in [1.29, 1.82) is 0 Å². The van der Waals surface area contributed by atoms with E-state index in [0.717, 1.165) is 0 Å². The van der Waals surface area contributed by atoms with Gasteiger partial charge in [0.05, 0.1) is 23.0 Å². The van der Waals surface area contributed by atoms with Gasteiger partial charge in [0.25, 0.3) is 20.2 Å². The Morgan fingerprint density at radius 1 is 0.600 bits per heavy atom. The van der Waals surface area contributed by atoms with Gasteiger partial charge in [-0.2, -0.15) is 16.8 Å². The molecule has 11 heteroatoms. The van der Waals surface area contributed by atoms with Crippen LogP contribution in [0, 0.1) is 0 Å². The van der Waals surface area contributed by atoms with Gasteiger partial charge in [0.2, 0.25) is 0 Å². The Morgan fingerprint density at radius 2 is 0.867 bits per heavy atom. The van der Waals surface area contributed by atoms with Crippen molar-refractivity contribution in [1.82, 2.24) is 0 Å². The summed E-state index contributed by atoms with van der Waals surface area (Å²) in [6.45, 7) is 0. The molecule has 0 atom stereocenters. The quantitative estimate of drug-likeness (QED) is 0.542. The molecule has 0 heterocycles. The van der Waals surface area contributed by atoms with Crippen LogP contribution in [0.15, 0.2) is 0 Å². The van der Waals surface area contributed by atoms with Crippen molar-refractivity contribution in [3.63, 3.8) is 0 Å². The molecule has 0 aliphatic carbocycles. The molecule has 0 saturated heterocycles. The fraction of sp³-hybridized carbons (Fsp3) is 1.00. The lowest BCUT2D eigenvalue weighted by molar-refractivity contribution is 0.483. The monoisotopic (exact) mass is 282 g/mol. The highest BCUT2D eigenvalue weighted by Crippen LogP contribution is 1.95. The highest BCUT2D eigenvalue weighted by molar-refractivity contribution is 7.94. The van der Waals surface area contributed by atoms with Gasteiger partial charge in [0.15, 0.2) is 9.84 Å². The first kappa shape index (κ1) is 14.8. The molecule has 0 unspecified atom stereocenters. The predicted octanol–water partition coefficient (Wildman–Crippen LogP) is -1.82. The van der Waals surface area contributed by atoms with E-state index in [0.29, 0.717) is 0 Å². The zero-order valence-electron chi connectivity index (χ0n) is 7.40. The second kappa shape index (κ2) is 4.74. The number of sulfone groups is 1. The van der Waals surface area contributed by atoms with Crippen LogP contribution in [-0.2, 0) is 30.1 Å². The Hall–Kier alpha value is -0.230. The Balaban J connectivity index is 4.35. The molecular weight excluding hydrogens is 272 g/mol. The van der Waals surface area contributed by atoms with Gasteiger partial charge < -0.3 is 0 Å². The molecule has 0 aliphatic heterocycles. The van der Waals surface area contributed by atoms with Crippen LogP contribution in [0.25, 0.3) is 0 Å². The van der Waals surface area contributed by atoms with Gasteiger partial charge >= 0.3 is 0 Å². The minimum atomic E-state index is -4.40. The van der Waals surface area contributed by atoms with E-state index in [9.17, 15) is 25.3 Å². The molecule has 0 aromatic heterocycles. The van der Waals surface area contributed by atoms with E-state index in [1.54, 1.807) is 0 Å². The molecule has 2 N–H and O–H groups in total. The summed E-state index contributed by atoms with van der Waals surface area (Å²) in [5.41, 5.74) is 0. The van der Waals surface area contributed by atoms with Gasteiger partial charge in [-0.25, -0.2) is 8.42 Å². The zero-order valence-corrected chi connectivity index (χ0v) is 9.85.